The normalized spacial score (nSPS) is 39.9. The molecule has 0 spiro atoms. The number of hydrogen-bond donors (Lipinski definition) is 0. The van der Waals surface area contributed by atoms with Crippen LogP contribution in [0.25, 0.3) is 0 Å². The van der Waals surface area contributed by atoms with Gasteiger partial charge in [0, 0.05) is 10.8 Å². The smallest absolute Gasteiger partial charge is 0.423 e. The van der Waals surface area contributed by atoms with E-state index in [0.717, 1.165) is 38.5 Å². The molecule has 3 nitrogen and oxygen atoms in total. The largest absolute Gasteiger partial charge is 0.509 e. The van der Waals surface area contributed by atoms with Crippen LogP contribution in [0.1, 0.15) is 72.6 Å². The number of fused-ring (bicyclic) bond motifs is 3. The lowest BCUT2D eigenvalue weighted by atomic mass is 9.59. The van der Waals surface area contributed by atoms with Gasteiger partial charge in [-0.05, 0) is 44.1 Å². The van der Waals surface area contributed by atoms with Gasteiger partial charge in [-0.1, -0.05) is 52.3 Å². The van der Waals surface area contributed by atoms with Crippen LogP contribution in [0.15, 0.2) is 23.8 Å². The zero-order chi connectivity index (χ0) is 16.7. The number of hydrogen-bond acceptors (Lipinski definition) is 3. The molecule has 1 unspecified atom stereocenters. The molecule has 0 N–H and O–H groups in total. The van der Waals surface area contributed by atoms with Crippen molar-refractivity contribution in [2.75, 3.05) is 0 Å². The number of ether oxygens (including phenoxy) is 2. The summed E-state index contributed by atoms with van der Waals surface area (Å²) in [5.74, 6) is 0. The minimum Gasteiger partial charge on any atom is -0.423 e. The van der Waals surface area contributed by atoms with Crippen LogP contribution in [0.5, 0.6) is 0 Å². The number of allylic oxidation sites excluding steroid dienone is 3. The predicted octanol–water partition coefficient (Wildman–Crippen LogP) is 5.55. The van der Waals surface area contributed by atoms with Crippen molar-refractivity contribution in [2.24, 2.45) is 10.8 Å². The average Bonchev–Trinajstić information content (AvgIpc) is 2.82. The first-order valence-corrected chi connectivity index (χ1v) is 9.12. The van der Waals surface area contributed by atoms with E-state index >= 15 is 0 Å². The van der Waals surface area contributed by atoms with Crippen molar-refractivity contribution >= 4 is 6.16 Å². The van der Waals surface area contributed by atoms with Gasteiger partial charge in [0.25, 0.3) is 0 Å². The molecule has 0 bridgehead atoms. The van der Waals surface area contributed by atoms with Crippen molar-refractivity contribution in [3.05, 3.63) is 23.8 Å². The lowest BCUT2D eigenvalue weighted by molar-refractivity contribution is -0.0740. The maximum Gasteiger partial charge on any atom is 0.509 e. The first kappa shape index (κ1) is 16.6. The van der Waals surface area contributed by atoms with E-state index < -0.39 is 11.8 Å². The Hall–Kier alpha value is -1.25. The quantitative estimate of drug-likeness (QED) is 0.505. The van der Waals surface area contributed by atoms with Crippen molar-refractivity contribution in [2.45, 2.75) is 84.3 Å². The molecular weight excluding hydrogens is 288 g/mol. The fourth-order valence-electron chi connectivity index (χ4n) is 4.66. The SMILES string of the molecule is CCCC[C@@]12OC(=O)O[C@H]1C1=CCCCC1(C)/C=C\CC2(C)C. The van der Waals surface area contributed by atoms with Crippen molar-refractivity contribution in [3.63, 3.8) is 0 Å². The maximum absolute atomic E-state index is 12.2. The predicted molar refractivity (Wildman–Crippen MR) is 91.2 cm³/mol. The van der Waals surface area contributed by atoms with Gasteiger partial charge in [0.05, 0.1) is 0 Å². The molecule has 2 aliphatic carbocycles. The molecular formula is C20H30O3. The summed E-state index contributed by atoms with van der Waals surface area (Å²) in [5, 5.41) is 0. The van der Waals surface area contributed by atoms with E-state index in [2.05, 4.69) is 45.9 Å². The van der Waals surface area contributed by atoms with Crippen LogP contribution in [0.2, 0.25) is 0 Å². The molecule has 0 amide bonds. The van der Waals surface area contributed by atoms with Gasteiger partial charge in [-0.2, -0.15) is 0 Å². The summed E-state index contributed by atoms with van der Waals surface area (Å²) >= 11 is 0. The molecule has 3 aliphatic rings. The summed E-state index contributed by atoms with van der Waals surface area (Å²) in [6.07, 6.45) is 13.5. The van der Waals surface area contributed by atoms with Crippen molar-refractivity contribution in [1.29, 1.82) is 0 Å². The Morgan fingerprint density at radius 2 is 2.09 bits per heavy atom. The second-order valence-corrected chi connectivity index (χ2v) is 8.30. The van der Waals surface area contributed by atoms with Crippen LogP contribution in [-0.2, 0) is 9.47 Å². The highest BCUT2D eigenvalue weighted by Gasteiger charge is 2.62. The topological polar surface area (TPSA) is 35.5 Å². The fraction of sp³-hybridized carbons (Fsp3) is 0.750. The van der Waals surface area contributed by atoms with Gasteiger partial charge < -0.3 is 9.47 Å². The molecule has 3 heteroatoms. The van der Waals surface area contributed by atoms with Crippen molar-refractivity contribution < 1.29 is 14.3 Å². The number of rotatable bonds is 3. The van der Waals surface area contributed by atoms with Crippen LogP contribution in [-0.4, -0.2) is 17.9 Å². The molecule has 0 aromatic carbocycles. The fourth-order valence-corrected chi connectivity index (χ4v) is 4.66. The molecule has 128 valence electrons. The van der Waals surface area contributed by atoms with Gasteiger partial charge in [0.1, 0.15) is 0 Å². The van der Waals surface area contributed by atoms with Crippen LogP contribution in [0.4, 0.5) is 4.79 Å². The van der Waals surface area contributed by atoms with Gasteiger partial charge >= 0.3 is 6.16 Å². The highest BCUT2D eigenvalue weighted by molar-refractivity contribution is 5.65. The summed E-state index contributed by atoms with van der Waals surface area (Å²) in [6.45, 7) is 8.90. The molecule has 0 aromatic heterocycles. The third-order valence-corrected chi connectivity index (χ3v) is 6.27. The van der Waals surface area contributed by atoms with Gasteiger partial charge in [-0.3, -0.25) is 0 Å². The highest BCUT2D eigenvalue weighted by atomic mass is 16.8. The summed E-state index contributed by atoms with van der Waals surface area (Å²) in [7, 11) is 0. The third kappa shape index (κ3) is 2.53. The second kappa shape index (κ2) is 5.68. The highest BCUT2D eigenvalue weighted by Crippen LogP contribution is 2.56. The van der Waals surface area contributed by atoms with Crippen LogP contribution in [0.3, 0.4) is 0 Å². The van der Waals surface area contributed by atoms with Crippen LogP contribution in [0, 0.1) is 10.8 Å². The number of unbranched alkanes of at least 4 members (excludes halogenated alkanes) is 1. The second-order valence-electron chi connectivity index (χ2n) is 8.30. The van der Waals surface area contributed by atoms with E-state index in [1.54, 1.807) is 0 Å². The molecule has 0 saturated carbocycles. The molecule has 1 heterocycles. The van der Waals surface area contributed by atoms with Crippen LogP contribution < -0.4 is 0 Å². The Morgan fingerprint density at radius 1 is 1.30 bits per heavy atom. The molecule has 1 aliphatic heterocycles. The molecule has 3 rings (SSSR count). The molecule has 0 radical (unpaired) electrons. The van der Waals surface area contributed by atoms with Gasteiger partial charge in [0.15, 0.2) is 11.7 Å². The average molecular weight is 318 g/mol. The van der Waals surface area contributed by atoms with Gasteiger partial charge in [-0.25, -0.2) is 4.79 Å². The van der Waals surface area contributed by atoms with E-state index in [0.29, 0.717) is 0 Å². The van der Waals surface area contributed by atoms with Gasteiger partial charge in [0.2, 0.25) is 0 Å². The maximum atomic E-state index is 12.2. The molecule has 1 fully saturated rings. The lowest BCUT2D eigenvalue weighted by Gasteiger charge is -2.49. The number of carbonyl (C=O) groups is 1. The molecule has 3 atom stereocenters. The van der Waals surface area contributed by atoms with E-state index in [4.69, 9.17) is 9.47 Å². The van der Waals surface area contributed by atoms with Crippen LogP contribution >= 0.6 is 0 Å². The Morgan fingerprint density at radius 3 is 2.83 bits per heavy atom. The summed E-state index contributed by atoms with van der Waals surface area (Å²) in [6, 6.07) is 0. The molecule has 1 saturated heterocycles. The molecule has 0 aromatic rings. The van der Waals surface area contributed by atoms with E-state index in [-0.39, 0.29) is 16.9 Å². The van der Waals surface area contributed by atoms with Crippen molar-refractivity contribution in [3.8, 4) is 0 Å². The summed E-state index contributed by atoms with van der Waals surface area (Å²) in [4.78, 5) is 12.2. The Labute approximate surface area is 140 Å². The Kier molecular flexibility index (Phi) is 4.10. The summed E-state index contributed by atoms with van der Waals surface area (Å²) < 4.78 is 11.8. The first-order chi connectivity index (χ1) is 10.8. The standard InChI is InChI=1S/C20H30O3/c1-5-6-14-20-16(22-17(21)23-20)15-10-7-8-12-19(15,4)13-9-11-18(20,2)3/h9-10,13,16H,5-8,11-12,14H2,1-4H3/b13-9-/t16-,19?,20+/m0/s1. The minimum atomic E-state index is -0.546. The first-order valence-electron chi connectivity index (χ1n) is 9.12. The monoisotopic (exact) mass is 318 g/mol. The third-order valence-electron chi connectivity index (χ3n) is 6.27. The molecule has 23 heavy (non-hydrogen) atoms. The zero-order valence-electron chi connectivity index (χ0n) is 15.0. The number of carbonyl (C=O) groups excluding carboxylic acids is 1. The van der Waals surface area contributed by atoms with Gasteiger partial charge in [-0.15, -0.1) is 0 Å². The zero-order valence-corrected chi connectivity index (χ0v) is 15.0. The van der Waals surface area contributed by atoms with E-state index in [1.807, 2.05) is 0 Å². The van der Waals surface area contributed by atoms with E-state index in [1.165, 1.54) is 12.0 Å². The Bertz CT molecular complexity index is 545. The Balaban J connectivity index is 2.13. The summed E-state index contributed by atoms with van der Waals surface area (Å²) in [5.41, 5.74) is 0.560. The lowest BCUT2D eigenvalue weighted by Crippen LogP contribution is -2.55. The van der Waals surface area contributed by atoms with Crippen molar-refractivity contribution in [1.82, 2.24) is 0 Å². The van der Waals surface area contributed by atoms with E-state index in [9.17, 15) is 4.79 Å². The minimum absolute atomic E-state index is 0.00907.